The Kier molecular flexibility index (Phi) is 9.83. The van der Waals surface area contributed by atoms with E-state index in [1.807, 2.05) is 24.3 Å². The molecule has 0 spiro atoms. The fourth-order valence-electron chi connectivity index (χ4n) is 8.81. The Morgan fingerprint density at radius 2 is 1.53 bits per heavy atom. The van der Waals surface area contributed by atoms with Gasteiger partial charge in [0.2, 0.25) is 12.5 Å². The van der Waals surface area contributed by atoms with E-state index in [0.29, 0.717) is 34.6 Å². The minimum atomic E-state index is -1.44. The Hall–Kier alpha value is -5.16. The van der Waals surface area contributed by atoms with E-state index >= 15 is 0 Å². The van der Waals surface area contributed by atoms with Crippen molar-refractivity contribution < 1.29 is 72.3 Å². The summed E-state index contributed by atoms with van der Waals surface area (Å²) >= 11 is 0. The molecule has 1 aliphatic carbocycles. The van der Waals surface area contributed by atoms with E-state index < -0.39 is 66.8 Å². The van der Waals surface area contributed by atoms with Crippen molar-refractivity contribution in [3.8, 4) is 34.5 Å². The first-order valence-corrected chi connectivity index (χ1v) is 18.8. The van der Waals surface area contributed by atoms with Crippen LogP contribution in [0.3, 0.4) is 0 Å². The van der Waals surface area contributed by atoms with E-state index in [1.54, 1.807) is 31.2 Å². The molecular weight excluding hydrogens is 744 g/mol. The van der Waals surface area contributed by atoms with Crippen molar-refractivity contribution >= 4 is 22.7 Å². The summed E-state index contributed by atoms with van der Waals surface area (Å²) in [4.78, 5) is 24.5. The van der Waals surface area contributed by atoms with Gasteiger partial charge in [0.1, 0.15) is 30.2 Å². The molecule has 0 amide bonds. The molecule has 0 aromatic heterocycles. The third-order valence-corrected chi connectivity index (χ3v) is 11.5. The van der Waals surface area contributed by atoms with Crippen LogP contribution < -0.4 is 23.7 Å². The summed E-state index contributed by atoms with van der Waals surface area (Å²) in [7, 11) is 2.86. The Bertz CT molecular complexity index is 2180. The second-order valence-electron chi connectivity index (χ2n) is 14.7. The zero-order valence-electron chi connectivity index (χ0n) is 31.3. The number of methoxy groups -OCH3 is 2. The lowest BCUT2D eigenvalue weighted by molar-refractivity contribution is -0.364. The number of rotatable bonds is 5. The summed E-state index contributed by atoms with van der Waals surface area (Å²) < 4.78 is 56.7. The van der Waals surface area contributed by atoms with Gasteiger partial charge in [-0.2, -0.15) is 0 Å². The van der Waals surface area contributed by atoms with Crippen LogP contribution in [0.1, 0.15) is 47.6 Å². The average molecular weight is 787 g/mol. The minimum absolute atomic E-state index is 0.0301. The maximum absolute atomic E-state index is 13.4. The van der Waals surface area contributed by atoms with Gasteiger partial charge in [0.25, 0.3) is 0 Å². The molecule has 15 nitrogen and oxygen atoms in total. The SMILES string of the molecule is COc1cc([C@@H]2c3cc4c(cc3[C@@H](O[C@@H]3O[C@@H]5CO[C@@H](C)O[C@H]5[C@H](O)[C@H]3O)[C@H]3COC(=O)[C@H]23)OCO4)cc(OC)c1O.O=C1CCc2c(ccc3ccccc23)O1. The fourth-order valence-corrected chi connectivity index (χ4v) is 8.81. The van der Waals surface area contributed by atoms with Crippen LogP contribution in [0.2, 0.25) is 0 Å². The number of carbonyl (C=O) groups excluding carboxylic acids is 2. The van der Waals surface area contributed by atoms with Crippen LogP contribution in [0.5, 0.6) is 34.5 Å². The van der Waals surface area contributed by atoms with Crippen LogP contribution in [0.25, 0.3) is 10.8 Å². The van der Waals surface area contributed by atoms with E-state index in [0.717, 1.165) is 17.7 Å². The van der Waals surface area contributed by atoms with Crippen LogP contribution in [0, 0.1) is 11.8 Å². The maximum atomic E-state index is 13.4. The number of hydrogen-bond donors (Lipinski definition) is 3. The van der Waals surface area contributed by atoms with Crippen molar-refractivity contribution in [3.63, 3.8) is 0 Å². The number of phenols is 1. The van der Waals surface area contributed by atoms with Crippen molar-refractivity contribution in [3.05, 3.63) is 82.9 Å². The van der Waals surface area contributed by atoms with Gasteiger partial charge < -0.3 is 62.7 Å². The lowest BCUT2D eigenvalue weighted by Gasteiger charge is -2.47. The van der Waals surface area contributed by atoms with Gasteiger partial charge in [0.05, 0.1) is 45.9 Å². The van der Waals surface area contributed by atoms with E-state index in [9.17, 15) is 24.9 Å². The van der Waals surface area contributed by atoms with Gasteiger partial charge in [-0.1, -0.05) is 30.3 Å². The van der Waals surface area contributed by atoms with Crippen molar-refractivity contribution in [2.24, 2.45) is 11.8 Å². The quantitative estimate of drug-likeness (QED) is 0.194. The molecule has 0 bridgehead atoms. The smallest absolute Gasteiger partial charge is 0.311 e. The third-order valence-electron chi connectivity index (χ3n) is 11.5. The highest BCUT2D eigenvalue weighted by molar-refractivity contribution is 5.90. The van der Waals surface area contributed by atoms with Crippen LogP contribution >= 0.6 is 0 Å². The van der Waals surface area contributed by atoms with Gasteiger partial charge in [0.15, 0.2) is 35.6 Å². The number of aliphatic hydroxyl groups excluding tert-OH is 2. The Labute approximate surface area is 326 Å². The Balaban J connectivity index is 0.000000234. The molecule has 10 rings (SSSR count). The molecule has 10 atom stereocenters. The number of ether oxygens (including phenoxy) is 10. The highest BCUT2D eigenvalue weighted by atomic mass is 16.8. The van der Waals surface area contributed by atoms with Crippen molar-refractivity contribution in [2.75, 3.05) is 34.2 Å². The zero-order chi connectivity index (χ0) is 39.5. The molecule has 0 saturated carbocycles. The summed E-state index contributed by atoms with van der Waals surface area (Å²) in [6.45, 7) is 1.93. The average Bonchev–Trinajstić information content (AvgIpc) is 3.85. The number of benzene rings is 4. The van der Waals surface area contributed by atoms with Gasteiger partial charge in [-0.25, -0.2) is 0 Å². The van der Waals surface area contributed by atoms with Gasteiger partial charge in [-0.15, -0.1) is 0 Å². The molecule has 3 N–H and O–H groups in total. The number of fused-ring (bicyclic) bond motifs is 7. The molecule has 3 saturated heterocycles. The Morgan fingerprint density at radius 3 is 2.28 bits per heavy atom. The number of hydrogen-bond acceptors (Lipinski definition) is 15. The molecule has 0 radical (unpaired) electrons. The molecule has 15 heteroatoms. The molecule has 57 heavy (non-hydrogen) atoms. The standard InChI is InChI=1S/C29H32O13.C13H10O2/c1-11-36-9-20-27(40-11)24(31)25(32)29(41-20)42-26-14-7-17-16(38-10-39-17)6-13(14)21(22-15(26)8-37-28(22)33)12-4-18(34-2)23(30)19(5-12)35-3;14-13-8-6-11-10-4-2-1-3-9(10)5-7-12(11)15-13/h4-7,11,15,20-22,24-27,29-32H,8-10H2,1-3H3;1-5,7H,6,8H2/t11-,15+,20-,21-,22+,24-,25-,26-,27-,29+;/m1./s1. The molecule has 5 heterocycles. The number of esters is 2. The Morgan fingerprint density at radius 1 is 0.789 bits per heavy atom. The topological polar surface area (TPSA) is 187 Å². The van der Waals surface area contributed by atoms with Gasteiger partial charge in [-0.05, 0) is 71.1 Å². The van der Waals surface area contributed by atoms with Crippen LogP contribution in [0.15, 0.2) is 60.7 Å². The van der Waals surface area contributed by atoms with Gasteiger partial charge in [0, 0.05) is 17.4 Å². The summed E-state index contributed by atoms with van der Waals surface area (Å²) in [6, 6.07) is 19.0. The fraction of sp³-hybridized carbons (Fsp3) is 0.429. The zero-order valence-corrected chi connectivity index (χ0v) is 31.3. The van der Waals surface area contributed by atoms with Crippen LogP contribution in [-0.4, -0.2) is 98.5 Å². The van der Waals surface area contributed by atoms with E-state index in [-0.39, 0.29) is 43.2 Å². The lowest BCUT2D eigenvalue weighted by atomic mass is 9.66. The van der Waals surface area contributed by atoms with Crippen molar-refractivity contribution in [2.45, 2.75) is 68.8 Å². The van der Waals surface area contributed by atoms with E-state index in [2.05, 4.69) is 12.1 Å². The number of aromatic hydroxyl groups is 1. The van der Waals surface area contributed by atoms with Crippen molar-refractivity contribution in [1.82, 2.24) is 0 Å². The second kappa shape index (κ2) is 15.0. The monoisotopic (exact) mass is 786 g/mol. The van der Waals surface area contributed by atoms with Crippen LogP contribution in [-0.2, 0) is 39.7 Å². The highest BCUT2D eigenvalue weighted by Crippen LogP contribution is 2.57. The predicted molar refractivity (Wildman–Crippen MR) is 196 cm³/mol. The van der Waals surface area contributed by atoms with Gasteiger partial charge in [-0.3, -0.25) is 9.59 Å². The summed E-state index contributed by atoms with van der Waals surface area (Å²) in [6.07, 6.45) is -5.52. The van der Waals surface area contributed by atoms with E-state index in [1.165, 1.54) is 25.0 Å². The number of aliphatic hydroxyl groups is 2. The van der Waals surface area contributed by atoms with E-state index in [4.69, 9.17) is 47.4 Å². The first-order valence-electron chi connectivity index (χ1n) is 18.8. The maximum Gasteiger partial charge on any atom is 0.311 e. The highest BCUT2D eigenvalue weighted by Gasteiger charge is 2.56. The minimum Gasteiger partial charge on any atom is -0.502 e. The normalized spacial score (nSPS) is 30.8. The molecule has 4 aromatic rings. The molecule has 300 valence electrons. The molecule has 4 aromatic carbocycles. The van der Waals surface area contributed by atoms with Gasteiger partial charge >= 0.3 is 11.9 Å². The third kappa shape index (κ3) is 6.57. The number of carbonyl (C=O) groups is 2. The second-order valence-corrected chi connectivity index (χ2v) is 14.7. The largest absolute Gasteiger partial charge is 0.502 e. The first-order chi connectivity index (χ1) is 27.6. The number of phenolic OH excluding ortho intramolecular Hbond substituents is 1. The number of cyclic esters (lactones) is 1. The summed E-state index contributed by atoms with van der Waals surface area (Å²) in [5.74, 6) is -0.425. The predicted octanol–water partition coefficient (Wildman–Crippen LogP) is 4.03. The first kappa shape index (κ1) is 37.4. The number of aryl methyl sites for hydroxylation is 1. The molecule has 5 aliphatic heterocycles. The molecule has 3 fully saturated rings. The van der Waals surface area contributed by atoms with Crippen LogP contribution in [0.4, 0.5) is 0 Å². The molecule has 6 aliphatic rings. The summed E-state index contributed by atoms with van der Waals surface area (Å²) in [5.41, 5.74) is 3.17. The summed E-state index contributed by atoms with van der Waals surface area (Å²) in [5, 5.41) is 34.9. The van der Waals surface area contributed by atoms with Crippen molar-refractivity contribution in [1.29, 1.82) is 0 Å². The molecule has 0 unspecified atom stereocenters. The lowest BCUT2D eigenvalue weighted by Crippen LogP contribution is -2.63. The molecular formula is C42H42O15.